The topological polar surface area (TPSA) is 29.1 Å². The number of alkyl halides is 1. The Morgan fingerprint density at radius 1 is 1.58 bits per heavy atom. The number of thiophene rings is 1. The molecule has 1 aliphatic heterocycles. The molecule has 1 unspecified atom stereocenters. The largest absolute Gasteiger partial charge is 0.351 e. The summed E-state index contributed by atoms with van der Waals surface area (Å²) in [6.07, 6.45) is 3.19. The van der Waals surface area contributed by atoms with Gasteiger partial charge in [-0.1, -0.05) is 6.92 Å². The average molecular weight is 318 g/mol. The third kappa shape index (κ3) is 4.40. The maximum Gasteiger partial charge on any atom is 0.261 e. The Kier molecular flexibility index (Phi) is 6.05. The van der Waals surface area contributed by atoms with E-state index in [1.807, 2.05) is 11.8 Å². The number of rotatable bonds is 6. The van der Waals surface area contributed by atoms with Crippen molar-refractivity contribution in [1.29, 1.82) is 0 Å². The Hall–Kier alpha value is -0.190. The van der Waals surface area contributed by atoms with Gasteiger partial charge in [-0.05, 0) is 42.6 Å². The number of aryl methyl sites for hydroxylation is 1. The highest BCUT2D eigenvalue weighted by Crippen LogP contribution is 2.31. The Morgan fingerprint density at radius 2 is 2.42 bits per heavy atom. The molecule has 0 saturated heterocycles. The molecule has 1 aromatic heterocycles. The number of hydrogen-bond acceptors (Lipinski definition) is 3. The molecule has 0 fully saturated rings. The summed E-state index contributed by atoms with van der Waals surface area (Å²) >= 11 is 9.38. The van der Waals surface area contributed by atoms with E-state index in [-0.39, 0.29) is 5.91 Å². The number of halogens is 1. The number of fused-ring (bicyclic) bond motifs is 1. The van der Waals surface area contributed by atoms with Gasteiger partial charge >= 0.3 is 0 Å². The third-order valence-electron chi connectivity index (χ3n) is 3.27. The summed E-state index contributed by atoms with van der Waals surface area (Å²) in [4.78, 5) is 14.3. The van der Waals surface area contributed by atoms with Gasteiger partial charge in [-0.15, -0.1) is 22.9 Å². The molecule has 1 N–H and O–H groups in total. The van der Waals surface area contributed by atoms with Crippen LogP contribution < -0.4 is 5.32 Å². The number of carbonyl (C=O) groups excluding carboxylic acids is 1. The summed E-state index contributed by atoms with van der Waals surface area (Å²) in [7, 11) is 0. The number of nitrogens with one attached hydrogen (secondary N) is 1. The van der Waals surface area contributed by atoms with E-state index in [0.29, 0.717) is 11.8 Å². The predicted octanol–water partition coefficient (Wildman–Crippen LogP) is 3.92. The van der Waals surface area contributed by atoms with Crippen LogP contribution in [0, 0.1) is 5.92 Å². The summed E-state index contributed by atoms with van der Waals surface area (Å²) in [5.41, 5.74) is 1.36. The molecule has 1 atom stereocenters. The molecule has 0 saturated carbocycles. The number of carbonyl (C=O) groups is 1. The molecule has 0 radical (unpaired) electrons. The summed E-state index contributed by atoms with van der Waals surface area (Å²) < 4.78 is 0. The van der Waals surface area contributed by atoms with Crippen molar-refractivity contribution in [2.24, 2.45) is 5.92 Å². The summed E-state index contributed by atoms with van der Waals surface area (Å²) in [6, 6.07) is 2.07. The summed E-state index contributed by atoms with van der Waals surface area (Å²) in [5.74, 6) is 3.56. The van der Waals surface area contributed by atoms with E-state index in [0.717, 1.165) is 36.4 Å². The van der Waals surface area contributed by atoms with Crippen LogP contribution in [0.5, 0.6) is 0 Å². The first kappa shape index (κ1) is 15.2. The molecule has 2 rings (SSSR count). The van der Waals surface area contributed by atoms with E-state index in [1.54, 1.807) is 11.3 Å². The van der Waals surface area contributed by atoms with Gasteiger partial charge in [0.1, 0.15) is 0 Å². The fourth-order valence-electron chi connectivity index (χ4n) is 2.08. The number of amides is 1. The Morgan fingerprint density at radius 3 is 3.16 bits per heavy atom. The lowest BCUT2D eigenvalue weighted by Crippen LogP contribution is -2.23. The van der Waals surface area contributed by atoms with Crippen molar-refractivity contribution in [1.82, 2.24) is 5.32 Å². The smallest absolute Gasteiger partial charge is 0.261 e. The van der Waals surface area contributed by atoms with E-state index in [4.69, 9.17) is 11.6 Å². The monoisotopic (exact) mass is 317 g/mol. The minimum absolute atomic E-state index is 0.0860. The molecule has 19 heavy (non-hydrogen) atoms. The summed E-state index contributed by atoms with van der Waals surface area (Å²) in [6.45, 7) is 2.89. The minimum atomic E-state index is 0.0860. The zero-order chi connectivity index (χ0) is 13.7. The van der Waals surface area contributed by atoms with Crippen molar-refractivity contribution in [2.75, 3.05) is 18.2 Å². The molecule has 5 heteroatoms. The standard InChI is InChI=1S/C14H20ClNOS2/c1-10(8-15)3-2-5-16-14(17)13-7-11-9-18-6-4-12(11)19-13/h7,10H,2-6,8-9H2,1H3,(H,16,17). The maximum absolute atomic E-state index is 12.0. The van der Waals surface area contributed by atoms with Crippen molar-refractivity contribution in [3.05, 3.63) is 21.4 Å². The van der Waals surface area contributed by atoms with Gasteiger partial charge in [0.05, 0.1) is 4.88 Å². The van der Waals surface area contributed by atoms with E-state index < -0.39 is 0 Å². The van der Waals surface area contributed by atoms with Crippen LogP contribution in [0.4, 0.5) is 0 Å². The van der Waals surface area contributed by atoms with E-state index in [9.17, 15) is 4.79 Å². The van der Waals surface area contributed by atoms with Crippen molar-refractivity contribution in [3.8, 4) is 0 Å². The van der Waals surface area contributed by atoms with Crippen LogP contribution in [-0.4, -0.2) is 24.1 Å². The summed E-state index contributed by atoms with van der Waals surface area (Å²) in [5, 5.41) is 3.01. The second kappa shape index (κ2) is 7.55. The second-order valence-electron chi connectivity index (χ2n) is 5.02. The van der Waals surface area contributed by atoms with Gasteiger partial charge in [-0.2, -0.15) is 11.8 Å². The van der Waals surface area contributed by atoms with Gasteiger partial charge in [0.15, 0.2) is 0 Å². The van der Waals surface area contributed by atoms with Gasteiger partial charge in [0, 0.05) is 23.1 Å². The fourth-order valence-corrected chi connectivity index (χ4v) is 4.52. The number of hydrogen-bond donors (Lipinski definition) is 1. The Labute approximate surface area is 128 Å². The molecular weight excluding hydrogens is 298 g/mol. The van der Waals surface area contributed by atoms with Crippen LogP contribution in [0.15, 0.2) is 6.07 Å². The van der Waals surface area contributed by atoms with E-state index in [2.05, 4.69) is 18.3 Å². The highest BCUT2D eigenvalue weighted by atomic mass is 35.5. The van der Waals surface area contributed by atoms with Gasteiger partial charge in [-0.3, -0.25) is 4.79 Å². The van der Waals surface area contributed by atoms with Crippen LogP contribution in [0.2, 0.25) is 0 Å². The van der Waals surface area contributed by atoms with Crippen molar-refractivity contribution < 1.29 is 4.79 Å². The molecule has 2 heterocycles. The van der Waals surface area contributed by atoms with Crippen LogP contribution in [0.3, 0.4) is 0 Å². The van der Waals surface area contributed by atoms with Crippen molar-refractivity contribution >= 4 is 40.6 Å². The predicted molar refractivity (Wildman–Crippen MR) is 85.6 cm³/mol. The molecule has 0 bridgehead atoms. The molecular formula is C14H20ClNOS2. The van der Waals surface area contributed by atoms with E-state index in [1.165, 1.54) is 16.2 Å². The first-order chi connectivity index (χ1) is 9.20. The molecule has 106 valence electrons. The first-order valence-corrected chi connectivity index (χ1v) is 9.24. The molecule has 0 aromatic carbocycles. The fraction of sp³-hybridized carbons (Fsp3) is 0.643. The molecule has 0 aliphatic carbocycles. The van der Waals surface area contributed by atoms with Crippen molar-refractivity contribution in [3.63, 3.8) is 0 Å². The third-order valence-corrected chi connectivity index (χ3v) is 6.04. The molecule has 1 aliphatic rings. The Bertz CT molecular complexity index is 410. The van der Waals surface area contributed by atoms with Gasteiger partial charge < -0.3 is 5.32 Å². The molecule has 1 amide bonds. The van der Waals surface area contributed by atoms with Crippen LogP contribution in [0.1, 0.15) is 39.9 Å². The molecule has 0 spiro atoms. The van der Waals surface area contributed by atoms with Gasteiger partial charge in [0.2, 0.25) is 0 Å². The lowest BCUT2D eigenvalue weighted by molar-refractivity contribution is 0.0956. The SMILES string of the molecule is CC(CCl)CCCNC(=O)c1cc2c(s1)CCSC2. The maximum atomic E-state index is 12.0. The lowest BCUT2D eigenvalue weighted by Gasteiger charge is -2.08. The number of thioether (sulfide) groups is 1. The average Bonchev–Trinajstić information content (AvgIpc) is 2.87. The van der Waals surface area contributed by atoms with E-state index >= 15 is 0 Å². The second-order valence-corrected chi connectivity index (χ2v) is 7.57. The first-order valence-electron chi connectivity index (χ1n) is 6.74. The minimum Gasteiger partial charge on any atom is -0.351 e. The van der Waals surface area contributed by atoms with Gasteiger partial charge in [-0.25, -0.2) is 0 Å². The molecule has 2 nitrogen and oxygen atoms in total. The van der Waals surface area contributed by atoms with Crippen LogP contribution >= 0.6 is 34.7 Å². The normalized spacial score (nSPS) is 15.9. The highest BCUT2D eigenvalue weighted by Gasteiger charge is 2.17. The van der Waals surface area contributed by atoms with Crippen LogP contribution in [-0.2, 0) is 12.2 Å². The van der Waals surface area contributed by atoms with Crippen molar-refractivity contribution in [2.45, 2.75) is 31.9 Å². The lowest BCUT2D eigenvalue weighted by atomic mass is 10.1. The zero-order valence-electron chi connectivity index (χ0n) is 11.2. The zero-order valence-corrected chi connectivity index (χ0v) is 13.6. The molecule has 1 aromatic rings. The van der Waals surface area contributed by atoms with Gasteiger partial charge in [0.25, 0.3) is 5.91 Å². The highest BCUT2D eigenvalue weighted by molar-refractivity contribution is 7.98. The quantitative estimate of drug-likeness (QED) is 0.636. The Balaban J connectivity index is 1.78. The van der Waals surface area contributed by atoms with Crippen LogP contribution in [0.25, 0.3) is 0 Å².